The highest BCUT2D eigenvalue weighted by Crippen LogP contribution is 2.38. The van der Waals surface area contributed by atoms with E-state index < -0.39 is 6.10 Å². The van der Waals surface area contributed by atoms with E-state index in [1.54, 1.807) is 0 Å². The second-order valence-corrected chi connectivity index (χ2v) is 5.97. The molecule has 0 spiro atoms. The van der Waals surface area contributed by atoms with E-state index in [4.69, 9.17) is 11.6 Å². The van der Waals surface area contributed by atoms with Crippen LogP contribution >= 0.6 is 11.6 Å². The van der Waals surface area contributed by atoms with Gasteiger partial charge in [0.15, 0.2) is 0 Å². The van der Waals surface area contributed by atoms with Crippen LogP contribution in [0.1, 0.15) is 42.2 Å². The van der Waals surface area contributed by atoms with Crippen LogP contribution in [0.25, 0.3) is 0 Å². The Morgan fingerprint density at radius 3 is 2.44 bits per heavy atom. The van der Waals surface area contributed by atoms with Crippen molar-refractivity contribution in [1.29, 1.82) is 0 Å². The molecule has 2 rings (SSSR count). The first-order valence-corrected chi connectivity index (χ1v) is 6.33. The van der Waals surface area contributed by atoms with Gasteiger partial charge in [-0.15, -0.1) is 11.6 Å². The van der Waals surface area contributed by atoms with E-state index >= 15 is 0 Å². The summed E-state index contributed by atoms with van der Waals surface area (Å²) in [6, 6.07) is 4.36. The molecule has 1 atom stereocenters. The van der Waals surface area contributed by atoms with Crippen molar-refractivity contribution in [1.82, 2.24) is 0 Å². The van der Waals surface area contributed by atoms with Gasteiger partial charge in [0.05, 0.1) is 12.0 Å². The van der Waals surface area contributed by atoms with Crippen LogP contribution in [0.5, 0.6) is 0 Å². The van der Waals surface area contributed by atoms with Gasteiger partial charge in [-0.05, 0) is 47.4 Å². The van der Waals surface area contributed by atoms with Gasteiger partial charge in [0.25, 0.3) is 0 Å². The molecule has 0 amide bonds. The molecule has 1 aromatic carbocycles. The van der Waals surface area contributed by atoms with E-state index in [-0.39, 0.29) is 5.88 Å². The second kappa shape index (κ2) is 4.05. The van der Waals surface area contributed by atoms with Gasteiger partial charge in [0, 0.05) is 0 Å². The summed E-state index contributed by atoms with van der Waals surface area (Å²) in [5.41, 5.74) is 5.33. The third-order valence-electron chi connectivity index (χ3n) is 3.43. The van der Waals surface area contributed by atoms with E-state index in [1.165, 1.54) is 11.1 Å². The average molecular weight is 239 g/mol. The monoisotopic (exact) mass is 238 g/mol. The van der Waals surface area contributed by atoms with Crippen molar-refractivity contribution in [3.05, 3.63) is 34.4 Å². The molecule has 88 valence electrons. The molecule has 2 heteroatoms. The standard InChI is InChI=1S/C14H19ClO/c1-9-4-10-6-14(2,3)7-11(10)5-12(9)13(16)8-15/h4-5,13,16H,6-8H2,1-3H3. The van der Waals surface area contributed by atoms with Crippen LogP contribution in [0, 0.1) is 12.3 Å². The normalized spacial score (nSPS) is 19.6. The highest BCUT2D eigenvalue weighted by Gasteiger charge is 2.29. The quantitative estimate of drug-likeness (QED) is 0.784. The third-order valence-corrected chi connectivity index (χ3v) is 3.72. The fourth-order valence-corrected chi connectivity index (χ4v) is 2.86. The lowest BCUT2D eigenvalue weighted by atomic mass is 9.90. The summed E-state index contributed by atoms with van der Waals surface area (Å²) in [6.07, 6.45) is 1.71. The number of alkyl halides is 1. The smallest absolute Gasteiger partial charge is 0.0927 e. The molecule has 1 N–H and O–H groups in total. The van der Waals surface area contributed by atoms with Crippen molar-refractivity contribution in [2.45, 2.75) is 39.7 Å². The van der Waals surface area contributed by atoms with Gasteiger partial charge in [-0.25, -0.2) is 0 Å². The Morgan fingerprint density at radius 1 is 1.31 bits per heavy atom. The molecule has 1 aliphatic carbocycles. The van der Waals surface area contributed by atoms with Crippen LogP contribution < -0.4 is 0 Å². The van der Waals surface area contributed by atoms with Crippen LogP contribution in [-0.2, 0) is 12.8 Å². The van der Waals surface area contributed by atoms with Crippen LogP contribution in [0.3, 0.4) is 0 Å². The second-order valence-electron chi connectivity index (χ2n) is 5.67. The highest BCUT2D eigenvalue weighted by atomic mass is 35.5. The summed E-state index contributed by atoms with van der Waals surface area (Å²) < 4.78 is 0. The van der Waals surface area contributed by atoms with Gasteiger partial charge < -0.3 is 5.11 Å². The molecule has 0 radical (unpaired) electrons. The van der Waals surface area contributed by atoms with Crippen molar-refractivity contribution in [3.8, 4) is 0 Å². The Bertz CT molecular complexity index is 409. The van der Waals surface area contributed by atoms with E-state index in [1.807, 2.05) is 0 Å². The maximum absolute atomic E-state index is 9.84. The zero-order valence-corrected chi connectivity index (χ0v) is 10.9. The van der Waals surface area contributed by atoms with Crippen LogP contribution in [-0.4, -0.2) is 11.0 Å². The van der Waals surface area contributed by atoms with Crippen molar-refractivity contribution in [2.24, 2.45) is 5.41 Å². The zero-order chi connectivity index (χ0) is 11.9. The number of halogens is 1. The van der Waals surface area contributed by atoms with E-state index in [0.717, 1.165) is 24.0 Å². The molecule has 0 aromatic heterocycles. The molecule has 1 unspecified atom stereocenters. The van der Waals surface area contributed by atoms with Crippen LogP contribution in [0.4, 0.5) is 0 Å². The lowest BCUT2D eigenvalue weighted by molar-refractivity contribution is 0.202. The van der Waals surface area contributed by atoms with Crippen molar-refractivity contribution in [3.63, 3.8) is 0 Å². The summed E-state index contributed by atoms with van der Waals surface area (Å²) in [7, 11) is 0. The molecule has 0 heterocycles. The molecule has 0 bridgehead atoms. The van der Waals surface area contributed by atoms with E-state index in [9.17, 15) is 5.11 Å². The first-order valence-electron chi connectivity index (χ1n) is 5.79. The van der Waals surface area contributed by atoms with Gasteiger partial charge in [0.1, 0.15) is 0 Å². The van der Waals surface area contributed by atoms with Crippen LogP contribution in [0.2, 0.25) is 0 Å². The SMILES string of the molecule is Cc1cc2c(cc1C(O)CCl)CC(C)(C)C2. The minimum atomic E-state index is -0.532. The molecule has 1 aromatic rings. The number of hydrogen-bond acceptors (Lipinski definition) is 1. The van der Waals surface area contributed by atoms with E-state index in [0.29, 0.717) is 5.41 Å². The van der Waals surface area contributed by atoms with Crippen LogP contribution in [0.15, 0.2) is 12.1 Å². The molecule has 0 saturated heterocycles. The fraction of sp³-hybridized carbons (Fsp3) is 0.571. The minimum Gasteiger partial charge on any atom is -0.387 e. The highest BCUT2D eigenvalue weighted by molar-refractivity contribution is 6.18. The maximum atomic E-state index is 9.84. The molecular formula is C14H19ClO. The molecule has 0 saturated carbocycles. The minimum absolute atomic E-state index is 0.267. The van der Waals surface area contributed by atoms with Gasteiger partial charge in [-0.3, -0.25) is 0 Å². The van der Waals surface area contributed by atoms with Gasteiger partial charge in [0.2, 0.25) is 0 Å². The Labute approximate surface area is 102 Å². The average Bonchev–Trinajstić information content (AvgIpc) is 2.48. The number of aliphatic hydroxyl groups excluding tert-OH is 1. The van der Waals surface area contributed by atoms with Crippen molar-refractivity contribution < 1.29 is 5.11 Å². The summed E-state index contributed by atoms with van der Waals surface area (Å²) in [5.74, 6) is 0.267. The molecule has 16 heavy (non-hydrogen) atoms. The Balaban J connectivity index is 2.41. The Morgan fingerprint density at radius 2 is 1.88 bits per heavy atom. The van der Waals surface area contributed by atoms with E-state index in [2.05, 4.69) is 32.9 Å². The van der Waals surface area contributed by atoms with Crippen molar-refractivity contribution >= 4 is 11.6 Å². The molecular weight excluding hydrogens is 220 g/mol. The number of benzene rings is 1. The third kappa shape index (κ3) is 2.11. The topological polar surface area (TPSA) is 20.2 Å². The molecule has 1 aliphatic rings. The molecule has 0 fully saturated rings. The number of aryl methyl sites for hydroxylation is 1. The summed E-state index contributed by atoms with van der Waals surface area (Å²) >= 11 is 5.72. The predicted octanol–water partition coefficient (Wildman–Crippen LogP) is 3.39. The predicted molar refractivity (Wildman–Crippen MR) is 68.0 cm³/mol. The van der Waals surface area contributed by atoms with Gasteiger partial charge in [-0.2, -0.15) is 0 Å². The van der Waals surface area contributed by atoms with Crippen molar-refractivity contribution in [2.75, 3.05) is 5.88 Å². The Hall–Kier alpha value is -0.530. The zero-order valence-electron chi connectivity index (χ0n) is 10.2. The summed E-state index contributed by atoms with van der Waals surface area (Å²) in [5, 5.41) is 9.84. The Kier molecular flexibility index (Phi) is 3.02. The fourth-order valence-electron chi connectivity index (χ4n) is 2.70. The first kappa shape index (κ1) is 11.9. The summed E-state index contributed by atoms with van der Waals surface area (Å²) in [4.78, 5) is 0. The molecule has 0 aliphatic heterocycles. The largest absolute Gasteiger partial charge is 0.387 e. The first-order chi connectivity index (χ1) is 7.43. The number of aliphatic hydroxyl groups is 1. The lowest BCUT2D eigenvalue weighted by Gasteiger charge is -2.14. The summed E-state index contributed by atoms with van der Waals surface area (Å²) in [6.45, 7) is 6.64. The number of fused-ring (bicyclic) bond motifs is 1. The van der Waals surface area contributed by atoms with Gasteiger partial charge >= 0.3 is 0 Å². The maximum Gasteiger partial charge on any atom is 0.0927 e. The number of rotatable bonds is 2. The molecule has 1 nitrogen and oxygen atoms in total. The number of hydrogen-bond donors (Lipinski definition) is 1. The lowest BCUT2D eigenvalue weighted by Crippen LogP contribution is -2.09. The van der Waals surface area contributed by atoms with Gasteiger partial charge in [-0.1, -0.05) is 26.0 Å².